The van der Waals surface area contributed by atoms with Gasteiger partial charge >= 0.3 is 0 Å². The van der Waals surface area contributed by atoms with E-state index < -0.39 is 0 Å². The Morgan fingerprint density at radius 2 is 1.67 bits per heavy atom. The van der Waals surface area contributed by atoms with E-state index in [2.05, 4.69) is 17.1 Å². The Bertz CT molecular complexity index is 1000. The van der Waals surface area contributed by atoms with Crippen molar-refractivity contribution in [3.05, 3.63) is 81.6 Å². The summed E-state index contributed by atoms with van der Waals surface area (Å²) in [5.41, 5.74) is 6.00. The summed E-state index contributed by atoms with van der Waals surface area (Å²) < 4.78 is 0. The maximum atomic E-state index is 12.6. The summed E-state index contributed by atoms with van der Waals surface area (Å²) >= 11 is 0. The summed E-state index contributed by atoms with van der Waals surface area (Å²) in [7, 11) is 0. The number of aromatic nitrogens is 1. The molecule has 4 rings (SSSR count). The minimum absolute atomic E-state index is 0.175. The first-order valence-corrected chi connectivity index (χ1v) is 8.10. The number of Topliss-reactive ketones (excluding diaryl/α,β-unsaturated/α-hetero) is 1. The number of pyridine rings is 1. The fourth-order valence-electron chi connectivity index (χ4n) is 3.63. The first kappa shape index (κ1) is 14.6. The lowest BCUT2D eigenvalue weighted by Crippen LogP contribution is -2.23. The quantitative estimate of drug-likeness (QED) is 0.726. The van der Waals surface area contributed by atoms with Crippen LogP contribution in [0.15, 0.2) is 59.4 Å². The standard InChI is InChI=1S/C21H17NO2/c1-13(23)18-17-12-11-14-7-5-6-10-16(14)19(17)20(22-21(18)24)15-8-3-2-4-9-15/h2-10H,11-12H2,1H3,(H,22,24). The Morgan fingerprint density at radius 1 is 0.958 bits per heavy atom. The van der Waals surface area contributed by atoms with Crippen molar-refractivity contribution in [1.82, 2.24) is 4.98 Å². The minimum atomic E-state index is -0.292. The summed E-state index contributed by atoms with van der Waals surface area (Å²) in [4.78, 5) is 27.6. The predicted molar refractivity (Wildman–Crippen MR) is 95.3 cm³/mol. The van der Waals surface area contributed by atoms with E-state index in [1.807, 2.05) is 42.5 Å². The molecule has 0 bridgehead atoms. The van der Waals surface area contributed by atoms with Crippen LogP contribution in [0.25, 0.3) is 22.4 Å². The van der Waals surface area contributed by atoms with E-state index in [1.165, 1.54) is 12.5 Å². The molecule has 1 aliphatic rings. The Labute approximate surface area is 140 Å². The minimum Gasteiger partial charge on any atom is -0.321 e. The first-order valence-electron chi connectivity index (χ1n) is 8.10. The molecule has 1 aliphatic carbocycles. The molecule has 2 aromatic carbocycles. The maximum absolute atomic E-state index is 12.6. The Kier molecular flexibility index (Phi) is 3.42. The van der Waals surface area contributed by atoms with Crippen LogP contribution in [0.3, 0.4) is 0 Å². The third-order valence-electron chi connectivity index (χ3n) is 4.66. The smallest absolute Gasteiger partial charge is 0.259 e. The summed E-state index contributed by atoms with van der Waals surface area (Å²) in [6, 6.07) is 18.0. The number of fused-ring (bicyclic) bond motifs is 3. The van der Waals surface area contributed by atoms with Gasteiger partial charge in [-0.3, -0.25) is 9.59 Å². The second kappa shape index (κ2) is 5.60. The van der Waals surface area contributed by atoms with Gasteiger partial charge < -0.3 is 4.98 Å². The average molecular weight is 315 g/mol. The fourth-order valence-corrected chi connectivity index (χ4v) is 3.63. The number of nitrogens with one attached hydrogen (secondary N) is 1. The summed E-state index contributed by atoms with van der Waals surface area (Å²) in [5, 5.41) is 0. The third-order valence-corrected chi connectivity index (χ3v) is 4.66. The molecule has 1 aromatic heterocycles. The van der Waals surface area contributed by atoms with Gasteiger partial charge in [0.25, 0.3) is 5.56 Å². The van der Waals surface area contributed by atoms with Gasteiger partial charge in [0, 0.05) is 5.56 Å². The Hall–Kier alpha value is -2.94. The van der Waals surface area contributed by atoms with Crippen LogP contribution in [-0.4, -0.2) is 10.8 Å². The molecule has 0 fully saturated rings. The van der Waals surface area contributed by atoms with Gasteiger partial charge in [0.1, 0.15) is 0 Å². The highest BCUT2D eigenvalue weighted by Crippen LogP contribution is 2.39. The molecule has 0 aliphatic heterocycles. The largest absolute Gasteiger partial charge is 0.321 e. The summed E-state index contributed by atoms with van der Waals surface area (Å²) in [6.07, 6.45) is 1.56. The van der Waals surface area contributed by atoms with E-state index in [1.54, 1.807) is 0 Å². The SMILES string of the molecule is CC(=O)c1c2c(c(-c3ccccc3)[nH]c1=O)-c1ccccc1CC2. The van der Waals surface area contributed by atoms with Crippen LogP contribution in [0, 0.1) is 0 Å². The second-order valence-electron chi connectivity index (χ2n) is 6.14. The monoisotopic (exact) mass is 315 g/mol. The van der Waals surface area contributed by atoms with Crippen LogP contribution in [-0.2, 0) is 12.8 Å². The first-order chi connectivity index (χ1) is 11.7. The molecule has 1 heterocycles. The van der Waals surface area contributed by atoms with Gasteiger partial charge in [0.05, 0.1) is 11.3 Å². The van der Waals surface area contributed by atoms with E-state index in [4.69, 9.17) is 0 Å². The van der Waals surface area contributed by atoms with Gasteiger partial charge in [0.2, 0.25) is 0 Å². The summed E-state index contributed by atoms with van der Waals surface area (Å²) in [6.45, 7) is 1.47. The number of ketones is 1. The number of aryl methyl sites for hydroxylation is 1. The molecule has 3 nitrogen and oxygen atoms in total. The number of H-pyrrole nitrogens is 1. The Morgan fingerprint density at radius 3 is 2.42 bits per heavy atom. The van der Waals surface area contributed by atoms with Crippen molar-refractivity contribution in [2.45, 2.75) is 19.8 Å². The van der Waals surface area contributed by atoms with Gasteiger partial charge in [0.15, 0.2) is 5.78 Å². The molecule has 0 amide bonds. The van der Waals surface area contributed by atoms with Gasteiger partial charge in [-0.2, -0.15) is 0 Å². The molecule has 0 radical (unpaired) electrons. The van der Waals surface area contributed by atoms with Crippen LogP contribution in [0.2, 0.25) is 0 Å². The van der Waals surface area contributed by atoms with Crippen LogP contribution < -0.4 is 5.56 Å². The number of rotatable bonds is 2. The molecule has 3 aromatic rings. The molecule has 24 heavy (non-hydrogen) atoms. The van der Waals surface area contributed by atoms with Crippen molar-refractivity contribution < 1.29 is 4.79 Å². The molecule has 0 saturated carbocycles. The fraction of sp³-hybridized carbons (Fsp3) is 0.143. The van der Waals surface area contributed by atoms with Crippen molar-refractivity contribution in [1.29, 1.82) is 0 Å². The van der Waals surface area contributed by atoms with Crippen molar-refractivity contribution in [2.75, 3.05) is 0 Å². The molecule has 0 atom stereocenters. The van der Waals surface area contributed by atoms with Gasteiger partial charge in [-0.15, -0.1) is 0 Å². The number of hydrogen-bond donors (Lipinski definition) is 1. The number of carbonyl (C=O) groups excluding carboxylic acids is 1. The highest BCUT2D eigenvalue weighted by molar-refractivity contribution is 5.99. The van der Waals surface area contributed by atoms with E-state index >= 15 is 0 Å². The molecule has 0 unspecified atom stereocenters. The van der Waals surface area contributed by atoms with Crippen molar-refractivity contribution in [2.24, 2.45) is 0 Å². The maximum Gasteiger partial charge on any atom is 0.259 e. The molecular weight excluding hydrogens is 298 g/mol. The van der Waals surface area contributed by atoms with Crippen molar-refractivity contribution >= 4 is 5.78 Å². The Balaban J connectivity index is 2.13. The van der Waals surface area contributed by atoms with Crippen LogP contribution in [0.5, 0.6) is 0 Å². The lowest BCUT2D eigenvalue weighted by atomic mass is 9.81. The zero-order chi connectivity index (χ0) is 16.7. The predicted octanol–water partition coefficient (Wildman–Crippen LogP) is 4.01. The van der Waals surface area contributed by atoms with Crippen molar-refractivity contribution in [3.63, 3.8) is 0 Å². The lowest BCUT2D eigenvalue weighted by molar-refractivity contribution is 0.101. The van der Waals surface area contributed by atoms with E-state index in [9.17, 15) is 9.59 Å². The highest BCUT2D eigenvalue weighted by Gasteiger charge is 2.26. The highest BCUT2D eigenvalue weighted by atomic mass is 16.1. The molecule has 1 N–H and O–H groups in total. The average Bonchev–Trinajstić information content (AvgIpc) is 2.61. The molecular formula is C21H17NO2. The zero-order valence-corrected chi connectivity index (χ0v) is 13.4. The molecule has 118 valence electrons. The molecule has 0 saturated heterocycles. The van der Waals surface area contributed by atoms with E-state index in [0.29, 0.717) is 12.0 Å². The number of benzene rings is 2. The molecule has 0 spiro atoms. The third kappa shape index (κ3) is 2.21. The number of carbonyl (C=O) groups is 1. The van der Waals surface area contributed by atoms with E-state index in [0.717, 1.165) is 34.4 Å². The van der Waals surface area contributed by atoms with Crippen LogP contribution in [0.4, 0.5) is 0 Å². The number of aromatic amines is 1. The van der Waals surface area contributed by atoms with Gasteiger partial charge in [-0.1, -0.05) is 54.6 Å². The number of hydrogen-bond acceptors (Lipinski definition) is 2. The van der Waals surface area contributed by atoms with Crippen LogP contribution in [0.1, 0.15) is 28.4 Å². The van der Waals surface area contributed by atoms with Crippen LogP contribution >= 0.6 is 0 Å². The topological polar surface area (TPSA) is 49.9 Å². The summed E-state index contributed by atoms with van der Waals surface area (Å²) in [5.74, 6) is -0.175. The second-order valence-corrected chi connectivity index (χ2v) is 6.14. The molecule has 3 heteroatoms. The zero-order valence-electron chi connectivity index (χ0n) is 13.4. The lowest BCUT2D eigenvalue weighted by Gasteiger charge is -2.24. The van der Waals surface area contributed by atoms with Gasteiger partial charge in [-0.25, -0.2) is 0 Å². The normalized spacial score (nSPS) is 12.4. The van der Waals surface area contributed by atoms with Crippen molar-refractivity contribution in [3.8, 4) is 22.4 Å². The van der Waals surface area contributed by atoms with E-state index in [-0.39, 0.29) is 11.3 Å². The van der Waals surface area contributed by atoms with Gasteiger partial charge in [-0.05, 0) is 42.0 Å².